The van der Waals surface area contributed by atoms with Crippen LogP contribution in [0.2, 0.25) is 0 Å². The van der Waals surface area contributed by atoms with E-state index in [2.05, 4.69) is 38.0 Å². The van der Waals surface area contributed by atoms with E-state index < -0.39 is 0 Å². The summed E-state index contributed by atoms with van der Waals surface area (Å²) in [7, 11) is 0. The molecule has 2 atom stereocenters. The van der Waals surface area contributed by atoms with E-state index in [1.54, 1.807) is 24.4 Å². The van der Waals surface area contributed by atoms with Gasteiger partial charge in [0.25, 0.3) is 5.91 Å². The van der Waals surface area contributed by atoms with Gasteiger partial charge in [0.15, 0.2) is 0 Å². The lowest BCUT2D eigenvalue weighted by Crippen LogP contribution is -2.46. The van der Waals surface area contributed by atoms with Crippen molar-refractivity contribution in [2.75, 3.05) is 6.54 Å². The van der Waals surface area contributed by atoms with Crippen LogP contribution in [0.5, 0.6) is 0 Å². The van der Waals surface area contributed by atoms with Crippen molar-refractivity contribution in [1.29, 1.82) is 0 Å². The average Bonchev–Trinajstić information content (AvgIpc) is 3.16. The van der Waals surface area contributed by atoms with Gasteiger partial charge in [-0.05, 0) is 51.0 Å². The van der Waals surface area contributed by atoms with Crippen LogP contribution in [0, 0.1) is 0 Å². The van der Waals surface area contributed by atoms with Crippen molar-refractivity contribution >= 4 is 22.8 Å². The van der Waals surface area contributed by atoms with Gasteiger partial charge in [-0.25, -0.2) is 4.98 Å². The number of hydrogen-bond donors (Lipinski definition) is 1. The Bertz CT molecular complexity index is 1040. The van der Waals surface area contributed by atoms with Gasteiger partial charge in [0, 0.05) is 31.2 Å². The van der Waals surface area contributed by atoms with Gasteiger partial charge in [0.05, 0.1) is 11.0 Å². The molecule has 0 radical (unpaired) electrons. The molecule has 0 aliphatic heterocycles. The van der Waals surface area contributed by atoms with Crippen LogP contribution < -0.4 is 5.32 Å². The molecule has 1 aromatic carbocycles. The molecule has 170 valence electrons. The molecule has 2 heterocycles. The van der Waals surface area contributed by atoms with E-state index in [4.69, 9.17) is 4.98 Å². The lowest BCUT2D eigenvalue weighted by atomic mass is 10.1. The van der Waals surface area contributed by atoms with Gasteiger partial charge in [-0.15, -0.1) is 0 Å². The molecule has 0 bridgehead atoms. The summed E-state index contributed by atoms with van der Waals surface area (Å²) >= 11 is 0. The van der Waals surface area contributed by atoms with Crippen LogP contribution >= 0.6 is 0 Å². The van der Waals surface area contributed by atoms with Crippen molar-refractivity contribution in [3.63, 3.8) is 0 Å². The summed E-state index contributed by atoms with van der Waals surface area (Å²) in [6, 6.07) is 13.4. The molecule has 7 heteroatoms. The lowest BCUT2D eigenvalue weighted by molar-refractivity contribution is -0.136. The molecule has 2 unspecified atom stereocenters. The standard InChI is InChI=1S/C25H33N5O2/c1-5-18(3)30(19(4)6-2)24(31)17-29-22-13-8-7-11-20(22)28-23(29)14-16-27-25(32)21-12-9-10-15-26-21/h7-13,15,18-19H,5-6,14,16-17H2,1-4H3,(H,27,32). The van der Waals surface area contributed by atoms with Crippen LogP contribution in [-0.2, 0) is 17.8 Å². The maximum Gasteiger partial charge on any atom is 0.269 e. The quantitative estimate of drug-likeness (QED) is 0.525. The number of carbonyl (C=O) groups excluding carboxylic acids is 2. The van der Waals surface area contributed by atoms with Crippen molar-refractivity contribution in [3.8, 4) is 0 Å². The van der Waals surface area contributed by atoms with Crippen molar-refractivity contribution in [3.05, 3.63) is 60.2 Å². The number of hydrogen-bond acceptors (Lipinski definition) is 4. The SMILES string of the molecule is CCC(C)N(C(=O)Cn1c(CCNC(=O)c2ccccn2)nc2ccccc21)C(C)CC. The highest BCUT2D eigenvalue weighted by Gasteiger charge is 2.25. The molecule has 0 aliphatic rings. The second-order valence-corrected chi connectivity index (χ2v) is 8.14. The molecule has 2 aromatic heterocycles. The fourth-order valence-corrected chi connectivity index (χ4v) is 3.90. The van der Waals surface area contributed by atoms with Crippen LogP contribution in [0.15, 0.2) is 48.7 Å². The van der Waals surface area contributed by atoms with Crippen LogP contribution in [0.1, 0.15) is 56.8 Å². The predicted molar refractivity (Wildman–Crippen MR) is 126 cm³/mol. The minimum absolute atomic E-state index is 0.0932. The number of nitrogens with one attached hydrogen (secondary N) is 1. The van der Waals surface area contributed by atoms with Crippen molar-refractivity contribution < 1.29 is 9.59 Å². The Labute approximate surface area is 189 Å². The van der Waals surface area contributed by atoms with E-state index in [1.807, 2.05) is 33.7 Å². The Morgan fingerprint density at radius 2 is 1.72 bits per heavy atom. The van der Waals surface area contributed by atoms with Gasteiger partial charge >= 0.3 is 0 Å². The third-order valence-electron chi connectivity index (χ3n) is 5.98. The molecule has 3 aromatic rings. The Morgan fingerprint density at radius 1 is 1.03 bits per heavy atom. The lowest BCUT2D eigenvalue weighted by Gasteiger charge is -2.34. The summed E-state index contributed by atoms with van der Waals surface area (Å²) in [6.07, 6.45) is 3.94. The maximum absolute atomic E-state index is 13.4. The van der Waals surface area contributed by atoms with Gasteiger partial charge < -0.3 is 14.8 Å². The Kier molecular flexibility index (Phi) is 7.98. The number of benzene rings is 1. The normalized spacial score (nSPS) is 13.0. The Morgan fingerprint density at radius 3 is 2.38 bits per heavy atom. The maximum atomic E-state index is 13.4. The van der Waals surface area contributed by atoms with Crippen LogP contribution in [0.25, 0.3) is 11.0 Å². The van der Waals surface area contributed by atoms with Gasteiger partial charge in [-0.2, -0.15) is 0 Å². The number of nitrogens with zero attached hydrogens (tertiary/aromatic N) is 4. The highest BCUT2D eigenvalue weighted by atomic mass is 16.2. The number of aromatic nitrogens is 3. The second-order valence-electron chi connectivity index (χ2n) is 8.14. The molecule has 0 aliphatic carbocycles. The number of amides is 2. The van der Waals surface area contributed by atoms with E-state index in [9.17, 15) is 9.59 Å². The van der Waals surface area contributed by atoms with E-state index >= 15 is 0 Å². The van der Waals surface area contributed by atoms with Crippen molar-refractivity contribution in [1.82, 2.24) is 24.8 Å². The summed E-state index contributed by atoms with van der Waals surface area (Å²) < 4.78 is 1.99. The predicted octanol–water partition coefficient (Wildman–Crippen LogP) is 3.83. The molecule has 7 nitrogen and oxygen atoms in total. The number of carbonyl (C=O) groups is 2. The molecule has 3 rings (SSSR count). The topological polar surface area (TPSA) is 80.1 Å². The Balaban J connectivity index is 1.79. The molecule has 0 saturated heterocycles. The number of fused-ring (bicyclic) bond motifs is 1. The highest BCUT2D eigenvalue weighted by Crippen LogP contribution is 2.19. The summed E-state index contributed by atoms with van der Waals surface area (Å²) in [5.74, 6) is 0.661. The molecule has 32 heavy (non-hydrogen) atoms. The van der Waals surface area contributed by atoms with Crippen molar-refractivity contribution in [2.45, 2.75) is 65.6 Å². The van der Waals surface area contributed by atoms with Crippen LogP contribution in [0.3, 0.4) is 0 Å². The molecular formula is C25H33N5O2. The molecular weight excluding hydrogens is 402 g/mol. The summed E-state index contributed by atoms with van der Waals surface area (Å²) in [4.78, 5) is 36.5. The average molecular weight is 436 g/mol. The molecule has 0 fully saturated rings. The minimum atomic E-state index is -0.218. The Hall–Kier alpha value is -3.22. The van der Waals surface area contributed by atoms with Crippen LogP contribution in [-0.4, -0.2) is 49.9 Å². The molecule has 1 N–H and O–H groups in total. The summed E-state index contributed by atoms with van der Waals surface area (Å²) in [5, 5.41) is 2.90. The third-order valence-corrected chi connectivity index (χ3v) is 5.98. The molecule has 2 amide bonds. The zero-order valence-corrected chi connectivity index (χ0v) is 19.4. The summed E-state index contributed by atoms with van der Waals surface area (Å²) in [5.41, 5.74) is 2.17. The fourth-order valence-electron chi connectivity index (χ4n) is 3.90. The largest absolute Gasteiger partial charge is 0.350 e. The number of para-hydroxylation sites is 2. The molecule has 0 saturated carbocycles. The smallest absolute Gasteiger partial charge is 0.269 e. The molecule has 0 spiro atoms. The van der Waals surface area contributed by atoms with Crippen LogP contribution in [0.4, 0.5) is 0 Å². The number of rotatable bonds is 10. The number of imidazole rings is 1. The zero-order chi connectivity index (χ0) is 23.1. The number of pyridine rings is 1. The zero-order valence-electron chi connectivity index (χ0n) is 19.4. The third kappa shape index (κ3) is 5.33. The monoisotopic (exact) mass is 435 g/mol. The van der Waals surface area contributed by atoms with Gasteiger partial charge in [-0.3, -0.25) is 14.6 Å². The van der Waals surface area contributed by atoms with E-state index in [-0.39, 0.29) is 30.4 Å². The van der Waals surface area contributed by atoms with Crippen molar-refractivity contribution in [2.24, 2.45) is 0 Å². The van der Waals surface area contributed by atoms with Gasteiger partial charge in [-0.1, -0.05) is 32.0 Å². The van der Waals surface area contributed by atoms with Gasteiger partial charge in [0.1, 0.15) is 18.1 Å². The second kappa shape index (κ2) is 10.9. The first kappa shape index (κ1) is 23.4. The van der Waals surface area contributed by atoms with E-state index in [0.717, 1.165) is 29.7 Å². The first-order chi connectivity index (χ1) is 15.5. The highest BCUT2D eigenvalue weighted by molar-refractivity contribution is 5.92. The first-order valence-corrected chi connectivity index (χ1v) is 11.4. The summed E-state index contributed by atoms with van der Waals surface area (Å²) in [6.45, 7) is 9.06. The fraction of sp³-hybridized carbons (Fsp3) is 0.440. The first-order valence-electron chi connectivity index (χ1n) is 11.4. The van der Waals surface area contributed by atoms with Gasteiger partial charge in [0.2, 0.25) is 5.91 Å². The minimum Gasteiger partial charge on any atom is -0.350 e. The van der Waals surface area contributed by atoms with E-state index in [0.29, 0.717) is 18.7 Å². The van der Waals surface area contributed by atoms with E-state index in [1.165, 1.54) is 0 Å².